The summed E-state index contributed by atoms with van der Waals surface area (Å²) in [6, 6.07) is 13.0. The number of thiophene rings is 1. The molecule has 5 heteroatoms. The van der Waals surface area contributed by atoms with E-state index in [2.05, 4.69) is 83.0 Å². The van der Waals surface area contributed by atoms with Gasteiger partial charge in [0.25, 0.3) is 0 Å². The largest absolute Gasteiger partial charge is 0.364 e. The first-order chi connectivity index (χ1) is 12.8. The predicted molar refractivity (Wildman–Crippen MR) is 113 cm³/mol. The lowest BCUT2D eigenvalue weighted by molar-refractivity contribution is 0.486. The average molecular weight is 369 g/mol. The van der Waals surface area contributed by atoms with E-state index in [1.54, 1.807) is 0 Å². The van der Waals surface area contributed by atoms with Gasteiger partial charge in [0.1, 0.15) is 0 Å². The lowest BCUT2D eigenvalue weighted by Gasteiger charge is -2.22. The number of nitrogens with zero attached hydrogens (tertiary/aromatic N) is 3. The zero-order valence-electron chi connectivity index (χ0n) is 15.7. The summed E-state index contributed by atoms with van der Waals surface area (Å²) in [4.78, 5) is 10.9. The molecule has 0 atom stereocenters. The Morgan fingerprint density at radius 2 is 2.08 bits per heavy atom. The monoisotopic (exact) mass is 368 g/mol. The molecule has 1 aromatic heterocycles. The molecule has 0 unspecified atom stereocenters. The van der Waals surface area contributed by atoms with E-state index in [-0.39, 0.29) is 0 Å². The molecule has 138 valence electrons. The van der Waals surface area contributed by atoms with Crippen LogP contribution in [0.25, 0.3) is 0 Å². The van der Waals surface area contributed by atoms with E-state index in [1.165, 1.54) is 16.1 Å². The normalized spacial score (nSPS) is 14.1. The summed E-state index contributed by atoms with van der Waals surface area (Å²) in [5, 5.41) is 5.55. The molecule has 1 aliphatic rings. The van der Waals surface area contributed by atoms with Gasteiger partial charge in [0.15, 0.2) is 5.96 Å². The number of hydrogen-bond acceptors (Lipinski definition) is 3. The van der Waals surface area contributed by atoms with Gasteiger partial charge in [-0.2, -0.15) is 0 Å². The van der Waals surface area contributed by atoms with Crippen molar-refractivity contribution in [3.05, 3.63) is 64.4 Å². The van der Waals surface area contributed by atoms with Crippen molar-refractivity contribution in [1.29, 1.82) is 0 Å². The summed E-state index contributed by atoms with van der Waals surface area (Å²) in [6.07, 6.45) is 5.49. The van der Waals surface area contributed by atoms with Crippen LogP contribution in [0, 0.1) is 0 Å². The number of benzene rings is 1. The van der Waals surface area contributed by atoms with Crippen molar-refractivity contribution in [1.82, 2.24) is 10.2 Å². The molecular weight excluding hydrogens is 340 g/mol. The van der Waals surface area contributed by atoms with E-state index in [0.717, 1.165) is 38.6 Å². The number of rotatable bonds is 7. The SMILES string of the molecule is CCNC(=NCc1cccc(N2CC=CC2)c1)N(C)CCc1cccs1. The van der Waals surface area contributed by atoms with E-state index in [4.69, 9.17) is 4.99 Å². The maximum Gasteiger partial charge on any atom is 0.193 e. The first-order valence-corrected chi connectivity index (χ1v) is 10.1. The van der Waals surface area contributed by atoms with Crippen molar-refractivity contribution in [2.45, 2.75) is 19.9 Å². The maximum atomic E-state index is 4.85. The highest BCUT2D eigenvalue weighted by Crippen LogP contribution is 2.19. The van der Waals surface area contributed by atoms with E-state index in [0.29, 0.717) is 6.54 Å². The summed E-state index contributed by atoms with van der Waals surface area (Å²) in [6.45, 7) is 6.65. The molecule has 1 N–H and O–H groups in total. The van der Waals surface area contributed by atoms with Crippen LogP contribution in [0.3, 0.4) is 0 Å². The summed E-state index contributed by atoms with van der Waals surface area (Å²) in [7, 11) is 2.11. The smallest absolute Gasteiger partial charge is 0.193 e. The van der Waals surface area contributed by atoms with Gasteiger partial charge in [0.05, 0.1) is 6.54 Å². The number of nitrogens with one attached hydrogen (secondary N) is 1. The van der Waals surface area contributed by atoms with E-state index < -0.39 is 0 Å². The Morgan fingerprint density at radius 3 is 2.81 bits per heavy atom. The minimum absolute atomic E-state index is 0.695. The van der Waals surface area contributed by atoms with Crippen molar-refractivity contribution in [3.63, 3.8) is 0 Å². The zero-order chi connectivity index (χ0) is 18.2. The molecule has 0 saturated heterocycles. The van der Waals surface area contributed by atoms with Gasteiger partial charge in [-0.1, -0.05) is 30.4 Å². The van der Waals surface area contributed by atoms with Crippen molar-refractivity contribution >= 4 is 23.0 Å². The Balaban J connectivity index is 1.61. The van der Waals surface area contributed by atoms with Crippen LogP contribution in [0.5, 0.6) is 0 Å². The molecule has 0 aliphatic carbocycles. The summed E-state index contributed by atoms with van der Waals surface area (Å²) >= 11 is 1.82. The average Bonchev–Trinajstić information content (AvgIpc) is 3.37. The first-order valence-electron chi connectivity index (χ1n) is 9.27. The van der Waals surface area contributed by atoms with E-state index in [9.17, 15) is 0 Å². The van der Waals surface area contributed by atoms with Gasteiger partial charge >= 0.3 is 0 Å². The van der Waals surface area contributed by atoms with Gasteiger partial charge in [0.2, 0.25) is 0 Å². The molecule has 1 aliphatic heterocycles. The highest BCUT2D eigenvalue weighted by molar-refractivity contribution is 7.09. The van der Waals surface area contributed by atoms with Gasteiger partial charge in [-0.05, 0) is 42.5 Å². The minimum Gasteiger partial charge on any atom is -0.364 e. The Labute approximate surface area is 160 Å². The Bertz CT molecular complexity index is 728. The van der Waals surface area contributed by atoms with Gasteiger partial charge in [-0.15, -0.1) is 11.3 Å². The molecule has 0 saturated carbocycles. The van der Waals surface area contributed by atoms with Crippen molar-refractivity contribution in [2.75, 3.05) is 38.1 Å². The molecular formula is C21H28N4S. The van der Waals surface area contributed by atoms with Crippen molar-refractivity contribution in [3.8, 4) is 0 Å². The van der Waals surface area contributed by atoms with Gasteiger partial charge < -0.3 is 15.1 Å². The molecule has 4 nitrogen and oxygen atoms in total. The highest BCUT2D eigenvalue weighted by Gasteiger charge is 2.09. The van der Waals surface area contributed by atoms with E-state index >= 15 is 0 Å². The predicted octanol–water partition coefficient (Wildman–Crippen LogP) is 3.76. The third-order valence-electron chi connectivity index (χ3n) is 4.48. The van der Waals surface area contributed by atoms with Gasteiger partial charge in [-0.3, -0.25) is 0 Å². The Morgan fingerprint density at radius 1 is 1.23 bits per heavy atom. The van der Waals surface area contributed by atoms with E-state index in [1.807, 2.05) is 11.3 Å². The second kappa shape index (κ2) is 9.43. The van der Waals surface area contributed by atoms with Gasteiger partial charge in [0, 0.05) is 43.8 Å². The molecule has 3 rings (SSSR count). The van der Waals surface area contributed by atoms with Crippen LogP contribution in [0.4, 0.5) is 5.69 Å². The molecule has 0 bridgehead atoms. The summed E-state index contributed by atoms with van der Waals surface area (Å²) in [5.41, 5.74) is 2.52. The van der Waals surface area contributed by atoms with Gasteiger partial charge in [-0.25, -0.2) is 4.99 Å². The Kier molecular flexibility index (Phi) is 6.72. The fourth-order valence-corrected chi connectivity index (χ4v) is 3.71. The van der Waals surface area contributed by atoms with Crippen LogP contribution < -0.4 is 10.2 Å². The lowest BCUT2D eigenvalue weighted by Crippen LogP contribution is -2.39. The number of guanidine groups is 1. The number of anilines is 1. The topological polar surface area (TPSA) is 30.9 Å². The molecule has 1 aromatic carbocycles. The van der Waals surface area contributed by atoms with Crippen LogP contribution in [0.1, 0.15) is 17.4 Å². The second-order valence-electron chi connectivity index (χ2n) is 6.47. The molecule has 0 radical (unpaired) electrons. The Hall–Kier alpha value is -2.27. The number of likely N-dealkylation sites (N-methyl/N-ethyl adjacent to an activating group) is 1. The fraction of sp³-hybridized carbons (Fsp3) is 0.381. The minimum atomic E-state index is 0.695. The maximum absolute atomic E-state index is 4.85. The zero-order valence-corrected chi connectivity index (χ0v) is 16.5. The van der Waals surface area contributed by atoms with Crippen LogP contribution in [-0.2, 0) is 13.0 Å². The molecule has 0 amide bonds. The molecule has 0 spiro atoms. The molecule has 26 heavy (non-hydrogen) atoms. The molecule has 2 aromatic rings. The number of aliphatic imine (C=N–C) groups is 1. The molecule has 0 fully saturated rings. The van der Waals surface area contributed by atoms with Crippen LogP contribution >= 0.6 is 11.3 Å². The second-order valence-corrected chi connectivity index (χ2v) is 7.50. The number of hydrogen-bond donors (Lipinski definition) is 1. The first kappa shape index (κ1) is 18.5. The van der Waals surface area contributed by atoms with Crippen molar-refractivity contribution < 1.29 is 0 Å². The standard InChI is InChI=1S/C21H28N4S/c1-3-22-21(24(2)14-11-20-10-7-15-26-20)23-17-18-8-6-9-19(16-18)25-12-4-5-13-25/h4-10,15-16H,3,11-14,17H2,1-2H3,(H,22,23). The third kappa shape index (κ3) is 5.11. The van der Waals surface area contributed by atoms with Crippen LogP contribution in [0.15, 0.2) is 58.9 Å². The quantitative estimate of drug-likeness (QED) is 0.459. The fourth-order valence-electron chi connectivity index (χ4n) is 3.01. The summed E-state index contributed by atoms with van der Waals surface area (Å²) in [5.74, 6) is 0.970. The summed E-state index contributed by atoms with van der Waals surface area (Å²) < 4.78 is 0. The van der Waals surface area contributed by atoms with Crippen LogP contribution in [-0.4, -0.2) is 44.1 Å². The highest BCUT2D eigenvalue weighted by atomic mass is 32.1. The van der Waals surface area contributed by atoms with Crippen molar-refractivity contribution in [2.24, 2.45) is 4.99 Å². The molecule has 2 heterocycles. The lowest BCUT2D eigenvalue weighted by atomic mass is 10.2. The van der Waals surface area contributed by atoms with Crippen LogP contribution in [0.2, 0.25) is 0 Å². The third-order valence-corrected chi connectivity index (χ3v) is 5.41.